The monoisotopic (exact) mass is 337 g/mol. The number of nitrogens with one attached hydrogen (secondary N) is 1. The van der Waals surface area contributed by atoms with E-state index in [4.69, 9.17) is 6.42 Å². The van der Waals surface area contributed by atoms with Crippen molar-refractivity contribution in [3.05, 3.63) is 21.0 Å². The van der Waals surface area contributed by atoms with Gasteiger partial charge in [-0.1, -0.05) is 19.8 Å². The molecule has 0 saturated heterocycles. The van der Waals surface area contributed by atoms with Gasteiger partial charge in [-0.25, -0.2) is 4.68 Å². The summed E-state index contributed by atoms with van der Waals surface area (Å²) in [6, 6.07) is 0.396. The number of hydrogen-bond acceptors (Lipinski definition) is 3. The van der Waals surface area contributed by atoms with Crippen LogP contribution in [0.1, 0.15) is 33.1 Å². The van der Waals surface area contributed by atoms with Crippen LogP contribution in [-0.2, 0) is 6.54 Å². The summed E-state index contributed by atoms with van der Waals surface area (Å²) in [6.07, 6.45) is 10.5. The van der Waals surface area contributed by atoms with Crippen LogP contribution in [0.5, 0.6) is 0 Å². The predicted molar refractivity (Wildman–Crippen MR) is 84.6 cm³/mol. The van der Waals surface area contributed by atoms with Crippen LogP contribution in [0.2, 0.25) is 0 Å². The van der Waals surface area contributed by atoms with Crippen LogP contribution in [0.15, 0.2) is 15.5 Å². The number of anilines is 1. The normalized spacial score (nSPS) is 26.0. The molecule has 0 radical (unpaired) electrons. The summed E-state index contributed by atoms with van der Waals surface area (Å²) >= 11 is 3.36. The second-order valence-electron chi connectivity index (χ2n) is 5.69. The van der Waals surface area contributed by atoms with Gasteiger partial charge in [0.1, 0.15) is 11.0 Å². The average molecular weight is 338 g/mol. The Bertz CT molecular complexity index is 575. The lowest BCUT2D eigenvalue weighted by molar-refractivity contribution is 0.276. The Balaban J connectivity index is 2.16. The van der Waals surface area contributed by atoms with Crippen molar-refractivity contribution >= 4 is 21.6 Å². The Labute approximate surface area is 128 Å². The van der Waals surface area contributed by atoms with E-state index in [0.717, 1.165) is 18.0 Å². The second kappa shape index (κ2) is 6.45. The maximum atomic E-state index is 12.1. The largest absolute Gasteiger partial charge is 0.380 e. The number of aromatic nitrogens is 2. The first kappa shape index (κ1) is 15.1. The molecule has 1 fully saturated rings. The van der Waals surface area contributed by atoms with Crippen LogP contribution in [0.4, 0.5) is 5.69 Å². The van der Waals surface area contributed by atoms with Crippen LogP contribution in [0.3, 0.4) is 0 Å². The summed E-state index contributed by atoms with van der Waals surface area (Å²) in [6.45, 7) is 4.74. The fourth-order valence-corrected chi connectivity index (χ4v) is 3.27. The van der Waals surface area contributed by atoms with E-state index in [1.165, 1.54) is 17.5 Å². The van der Waals surface area contributed by atoms with Crippen LogP contribution >= 0.6 is 15.9 Å². The standard InChI is InChI=1S/C15H20BrN3O/c1-4-7-19-15(20)14(16)13(9-17-19)18-12-6-5-10(2)8-11(12)3/h1,9-12,18H,5-8H2,2-3H3. The van der Waals surface area contributed by atoms with Crippen LogP contribution in [0, 0.1) is 24.2 Å². The molecule has 0 amide bonds. The van der Waals surface area contributed by atoms with Gasteiger partial charge in [-0.3, -0.25) is 4.79 Å². The third-order valence-corrected chi connectivity index (χ3v) is 4.76. The molecule has 3 atom stereocenters. The zero-order valence-corrected chi connectivity index (χ0v) is 13.5. The van der Waals surface area contributed by atoms with Gasteiger partial charge in [-0.15, -0.1) is 6.42 Å². The molecule has 3 unspecified atom stereocenters. The van der Waals surface area contributed by atoms with E-state index < -0.39 is 0 Å². The molecule has 0 spiro atoms. The van der Waals surface area contributed by atoms with E-state index in [1.807, 2.05) is 0 Å². The number of hydrogen-bond donors (Lipinski definition) is 1. The SMILES string of the molecule is C#CCn1ncc(NC2CCC(C)CC2C)c(Br)c1=O. The van der Waals surface area contributed by atoms with E-state index in [-0.39, 0.29) is 12.1 Å². The molecule has 1 saturated carbocycles. The Kier molecular flexibility index (Phi) is 4.87. The van der Waals surface area contributed by atoms with Crippen molar-refractivity contribution in [3.8, 4) is 12.3 Å². The van der Waals surface area contributed by atoms with Crippen molar-refractivity contribution < 1.29 is 0 Å². The summed E-state index contributed by atoms with van der Waals surface area (Å²) in [4.78, 5) is 12.1. The summed E-state index contributed by atoms with van der Waals surface area (Å²) < 4.78 is 1.79. The van der Waals surface area contributed by atoms with Gasteiger partial charge >= 0.3 is 0 Å². The first-order chi connectivity index (χ1) is 9.52. The summed E-state index contributed by atoms with van der Waals surface area (Å²) in [5.41, 5.74) is 0.569. The first-order valence-corrected chi connectivity index (χ1v) is 7.77. The van der Waals surface area contributed by atoms with E-state index in [9.17, 15) is 4.79 Å². The van der Waals surface area contributed by atoms with Crippen LogP contribution < -0.4 is 10.9 Å². The highest BCUT2D eigenvalue weighted by Gasteiger charge is 2.26. The van der Waals surface area contributed by atoms with E-state index >= 15 is 0 Å². The number of halogens is 1. The lowest BCUT2D eigenvalue weighted by Gasteiger charge is -2.33. The average Bonchev–Trinajstić information content (AvgIpc) is 2.41. The molecule has 20 heavy (non-hydrogen) atoms. The molecule has 1 aromatic heterocycles. The first-order valence-electron chi connectivity index (χ1n) is 6.98. The number of terminal acetylenes is 1. The molecular formula is C15H20BrN3O. The minimum Gasteiger partial charge on any atom is -0.380 e. The molecule has 1 aliphatic carbocycles. The van der Waals surface area contributed by atoms with Gasteiger partial charge in [0, 0.05) is 6.04 Å². The molecule has 0 aliphatic heterocycles. The number of nitrogens with zero attached hydrogens (tertiary/aromatic N) is 2. The second-order valence-corrected chi connectivity index (χ2v) is 6.48. The van der Waals surface area contributed by atoms with Gasteiger partial charge in [-0.05, 0) is 47.0 Å². The van der Waals surface area contributed by atoms with Gasteiger partial charge in [0.05, 0.1) is 11.9 Å². The molecule has 1 aromatic rings. The molecule has 0 bridgehead atoms. The predicted octanol–water partition coefficient (Wildman–Crippen LogP) is 2.88. The molecular weight excluding hydrogens is 318 g/mol. The molecule has 1 heterocycles. The Morgan fingerprint density at radius 3 is 2.95 bits per heavy atom. The fraction of sp³-hybridized carbons (Fsp3) is 0.600. The summed E-state index contributed by atoms with van der Waals surface area (Å²) in [7, 11) is 0. The lowest BCUT2D eigenvalue weighted by atomic mass is 9.80. The molecule has 2 rings (SSSR count). The van der Waals surface area contributed by atoms with Gasteiger partial charge < -0.3 is 5.32 Å². The fourth-order valence-electron chi connectivity index (χ4n) is 2.84. The van der Waals surface area contributed by atoms with Gasteiger partial charge in [0.15, 0.2) is 0 Å². The van der Waals surface area contributed by atoms with Gasteiger partial charge in [0.25, 0.3) is 5.56 Å². The molecule has 108 valence electrons. The molecule has 1 N–H and O–H groups in total. The van der Waals surface area contributed by atoms with E-state index in [1.54, 1.807) is 6.20 Å². The highest BCUT2D eigenvalue weighted by molar-refractivity contribution is 9.10. The highest BCUT2D eigenvalue weighted by atomic mass is 79.9. The van der Waals surface area contributed by atoms with Crippen molar-refractivity contribution in [2.24, 2.45) is 11.8 Å². The zero-order chi connectivity index (χ0) is 14.7. The number of rotatable bonds is 3. The topological polar surface area (TPSA) is 46.9 Å². The van der Waals surface area contributed by atoms with Crippen molar-refractivity contribution in [1.82, 2.24) is 9.78 Å². The van der Waals surface area contributed by atoms with Crippen molar-refractivity contribution in [2.75, 3.05) is 5.32 Å². The molecule has 1 aliphatic rings. The van der Waals surface area contributed by atoms with Gasteiger partial charge in [0.2, 0.25) is 0 Å². The lowest BCUT2D eigenvalue weighted by Crippen LogP contribution is -2.34. The quantitative estimate of drug-likeness (QED) is 0.862. The Morgan fingerprint density at radius 2 is 2.30 bits per heavy atom. The van der Waals surface area contributed by atoms with Crippen LogP contribution in [-0.4, -0.2) is 15.8 Å². The van der Waals surface area contributed by atoms with E-state index in [2.05, 4.69) is 46.1 Å². The third-order valence-electron chi connectivity index (χ3n) is 4.00. The minimum atomic E-state index is -0.190. The maximum absolute atomic E-state index is 12.1. The minimum absolute atomic E-state index is 0.190. The maximum Gasteiger partial charge on any atom is 0.284 e. The van der Waals surface area contributed by atoms with Crippen molar-refractivity contribution in [3.63, 3.8) is 0 Å². The Morgan fingerprint density at radius 1 is 1.55 bits per heavy atom. The molecule has 5 heteroatoms. The van der Waals surface area contributed by atoms with E-state index in [0.29, 0.717) is 16.4 Å². The zero-order valence-electron chi connectivity index (χ0n) is 11.9. The van der Waals surface area contributed by atoms with Crippen molar-refractivity contribution in [1.29, 1.82) is 0 Å². The smallest absolute Gasteiger partial charge is 0.284 e. The Hall–Kier alpha value is -1.28. The van der Waals surface area contributed by atoms with Crippen LogP contribution in [0.25, 0.3) is 0 Å². The molecule has 0 aromatic carbocycles. The highest BCUT2D eigenvalue weighted by Crippen LogP contribution is 2.31. The summed E-state index contributed by atoms with van der Waals surface area (Å²) in [5, 5.41) is 7.56. The summed E-state index contributed by atoms with van der Waals surface area (Å²) in [5.74, 6) is 3.81. The van der Waals surface area contributed by atoms with Gasteiger partial charge in [-0.2, -0.15) is 5.10 Å². The third kappa shape index (κ3) is 3.24. The molecule has 4 nitrogen and oxygen atoms in total. The van der Waals surface area contributed by atoms with Crippen molar-refractivity contribution in [2.45, 2.75) is 45.7 Å².